The van der Waals surface area contributed by atoms with Gasteiger partial charge in [-0.2, -0.15) is 0 Å². The molecule has 0 heterocycles. The number of para-hydroxylation sites is 1. The summed E-state index contributed by atoms with van der Waals surface area (Å²) in [6.45, 7) is 6.98. The number of hydrogen-bond donors (Lipinski definition) is 2. The number of carbonyl (C=O) groups excluding carboxylic acids is 2. The first-order chi connectivity index (χ1) is 11.8. The Morgan fingerprint density at radius 3 is 2.16 bits per heavy atom. The van der Waals surface area contributed by atoms with Gasteiger partial charge in [-0.3, -0.25) is 9.59 Å². The van der Waals surface area contributed by atoms with Crippen LogP contribution in [0.1, 0.15) is 47.9 Å². The van der Waals surface area contributed by atoms with Gasteiger partial charge in [-0.25, -0.2) is 0 Å². The van der Waals surface area contributed by atoms with Gasteiger partial charge >= 0.3 is 0 Å². The number of carbonyl (C=O) groups is 2. The van der Waals surface area contributed by atoms with E-state index in [0.717, 1.165) is 6.42 Å². The lowest BCUT2D eigenvalue weighted by Crippen LogP contribution is -2.28. The molecule has 4 nitrogen and oxygen atoms in total. The Morgan fingerprint density at radius 1 is 0.920 bits per heavy atom. The van der Waals surface area contributed by atoms with Gasteiger partial charge in [0.2, 0.25) is 0 Å². The van der Waals surface area contributed by atoms with Crippen LogP contribution < -0.4 is 10.6 Å². The van der Waals surface area contributed by atoms with Crippen molar-refractivity contribution in [3.63, 3.8) is 0 Å². The first-order valence-corrected chi connectivity index (χ1v) is 9.00. The van der Waals surface area contributed by atoms with Crippen LogP contribution in [-0.2, 0) is 0 Å². The van der Waals surface area contributed by atoms with Gasteiger partial charge in [0.1, 0.15) is 0 Å². The average Bonchev–Trinajstić information content (AvgIpc) is 2.54. The van der Waals surface area contributed by atoms with Crippen LogP contribution >= 0.6 is 15.9 Å². The summed E-state index contributed by atoms with van der Waals surface area (Å²) in [6.07, 6.45) is 0.879. The van der Waals surface area contributed by atoms with Gasteiger partial charge in [0.05, 0.1) is 16.8 Å². The number of nitrogens with one attached hydrogen (secondary N) is 2. The van der Waals surface area contributed by atoms with Crippen molar-refractivity contribution < 1.29 is 9.59 Å². The second kappa shape index (κ2) is 8.30. The van der Waals surface area contributed by atoms with Gasteiger partial charge in [0.15, 0.2) is 0 Å². The fraction of sp³-hybridized carbons (Fsp3) is 0.300. The van der Waals surface area contributed by atoms with Crippen LogP contribution in [0.25, 0.3) is 0 Å². The molecule has 0 saturated heterocycles. The maximum Gasteiger partial charge on any atom is 0.256 e. The zero-order valence-electron chi connectivity index (χ0n) is 14.7. The molecular weight excluding hydrogens is 380 g/mol. The summed E-state index contributed by atoms with van der Waals surface area (Å²) >= 11 is 3.37. The number of halogens is 1. The topological polar surface area (TPSA) is 58.2 Å². The maximum absolute atomic E-state index is 12.5. The van der Waals surface area contributed by atoms with E-state index in [1.165, 1.54) is 0 Å². The van der Waals surface area contributed by atoms with E-state index in [4.69, 9.17) is 0 Å². The predicted molar refractivity (Wildman–Crippen MR) is 105 cm³/mol. The summed E-state index contributed by atoms with van der Waals surface area (Å²) < 4.78 is 0.708. The Hall–Kier alpha value is -2.14. The summed E-state index contributed by atoms with van der Waals surface area (Å²) in [5.74, 6) is -0.449. The van der Waals surface area contributed by atoms with Crippen LogP contribution in [0.3, 0.4) is 0 Å². The average molecular weight is 403 g/mol. The highest BCUT2D eigenvalue weighted by molar-refractivity contribution is 9.10. The molecule has 2 aromatic carbocycles. The smallest absolute Gasteiger partial charge is 0.256 e. The quantitative estimate of drug-likeness (QED) is 0.749. The van der Waals surface area contributed by atoms with Crippen LogP contribution in [0, 0.1) is 5.41 Å². The van der Waals surface area contributed by atoms with Gasteiger partial charge < -0.3 is 10.6 Å². The van der Waals surface area contributed by atoms with E-state index >= 15 is 0 Å². The van der Waals surface area contributed by atoms with Crippen molar-refractivity contribution in [1.29, 1.82) is 0 Å². The molecule has 2 amide bonds. The monoisotopic (exact) mass is 402 g/mol. The summed E-state index contributed by atoms with van der Waals surface area (Å²) in [7, 11) is 0. The van der Waals surface area contributed by atoms with Crippen LogP contribution in [-0.4, -0.2) is 18.4 Å². The number of hydrogen-bond acceptors (Lipinski definition) is 2. The second-order valence-corrected chi connectivity index (χ2v) is 7.90. The van der Waals surface area contributed by atoms with Crippen molar-refractivity contribution in [2.45, 2.75) is 27.2 Å². The highest BCUT2D eigenvalue weighted by Crippen LogP contribution is 2.21. The summed E-state index contributed by atoms with van der Waals surface area (Å²) in [4.78, 5) is 24.9. The molecule has 25 heavy (non-hydrogen) atoms. The van der Waals surface area contributed by atoms with Crippen molar-refractivity contribution in [1.82, 2.24) is 5.32 Å². The molecule has 0 bridgehead atoms. The maximum atomic E-state index is 12.5. The SMILES string of the molecule is CC(C)(C)CCNC(=O)c1ccccc1NC(=O)c1ccccc1Br. The number of benzene rings is 2. The Kier molecular flexibility index (Phi) is 6.37. The van der Waals surface area contributed by atoms with Gasteiger partial charge in [0.25, 0.3) is 11.8 Å². The molecule has 0 unspecified atom stereocenters. The summed E-state index contributed by atoms with van der Waals surface area (Å²) in [5, 5.41) is 5.75. The molecule has 0 aliphatic carbocycles. The standard InChI is InChI=1S/C20H23BrN2O2/c1-20(2,3)12-13-22-18(24)15-9-5-7-11-17(15)23-19(25)14-8-4-6-10-16(14)21/h4-11H,12-13H2,1-3H3,(H,22,24)(H,23,25). The molecule has 0 fully saturated rings. The Morgan fingerprint density at radius 2 is 1.52 bits per heavy atom. The molecule has 0 atom stereocenters. The van der Waals surface area contributed by atoms with Crippen LogP contribution in [0.2, 0.25) is 0 Å². The highest BCUT2D eigenvalue weighted by Gasteiger charge is 2.16. The minimum absolute atomic E-state index is 0.153. The fourth-order valence-electron chi connectivity index (χ4n) is 2.27. The van der Waals surface area contributed by atoms with E-state index in [1.807, 2.05) is 6.07 Å². The third-order valence-corrected chi connectivity index (χ3v) is 4.39. The van der Waals surface area contributed by atoms with Crippen molar-refractivity contribution in [3.05, 3.63) is 64.1 Å². The first-order valence-electron chi connectivity index (χ1n) is 8.21. The Bertz CT molecular complexity index is 766. The van der Waals surface area contributed by atoms with Gasteiger partial charge in [0, 0.05) is 11.0 Å². The van der Waals surface area contributed by atoms with E-state index in [2.05, 4.69) is 47.3 Å². The lowest BCUT2D eigenvalue weighted by molar-refractivity contribution is 0.0950. The predicted octanol–water partition coefficient (Wildman–Crippen LogP) is 4.87. The van der Waals surface area contributed by atoms with Crippen LogP contribution in [0.15, 0.2) is 53.0 Å². The summed E-state index contributed by atoms with van der Waals surface area (Å²) in [6, 6.07) is 14.2. The zero-order chi connectivity index (χ0) is 18.4. The van der Waals surface area contributed by atoms with Gasteiger partial charge in [-0.1, -0.05) is 45.0 Å². The Labute approximate surface area is 157 Å². The number of anilines is 1. The molecule has 2 aromatic rings. The molecule has 2 N–H and O–H groups in total. The van der Waals surface area contributed by atoms with Gasteiger partial charge in [-0.05, 0) is 52.0 Å². The van der Waals surface area contributed by atoms with E-state index in [0.29, 0.717) is 27.8 Å². The third-order valence-electron chi connectivity index (χ3n) is 3.70. The molecular formula is C20H23BrN2O2. The molecule has 0 saturated carbocycles. The second-order valence-electron chi connectivity index (χ2n) is 7.05. The molecule has 0 radical (unpaired) electrons. The van der Waals surface area contributed by atoms with E-state index < -0.39 is 0 Å². The zero-order valence-corrected chi connectivity index (χ0v) is 16.3. The largest absolute Gasteiger partial charge is 0.352 e. The minimum Gasteiger partial charge on any atom is -0.352 e. The van der Waals surface area contributed by atoms with E-state index in [9.17, 15) is 9.59 Å². The van der Waals surface area contributed by atoms with E-state index in [1.54, 1.807) is 42.5 Å². The van der Waals surface area contributed by atoms with E-state index in [-0.39, 0.29) is 17.2 Å². The molecule has 0 spiro atoms. The highest BCUT2D eigenvalue weighted by atomic mass is 79.9. The van der Waals surface area contributed by atoms with Crippen LogP contribution in [0.5, 0.6) is 0 Å². The van der Waals surface area contributed by atoms with Crippen LogP contribution in [0.4, 0.5) is 5.69 Å². The lowest BCUT2D eigenvalue weighted by Gasteiger charge is -2.18. The lowest BCUT2D eigenvalue weighted by atomic mass is 9.92. The van der Waals surface area contributed by atoms with Crippen molar-refractivity contribution in [3.8, 4) is 0 Å². The third kappa shape index (κ3) is 5.71. The first kappa shape index (κ1) is 19.2. The molecule has 0 aromatic heterocycles. The van der Waals surface area contributed by atoms with Crippen molar-refractivity contribution in [2.75, 3.05) is 11.9 Å². The molecule has 5 heteroatoms. The molecule has 2 rings (SSSR count). The Balaban J connectivity index is 2.11. The minimum atomic E-state index is -0.262. The van der Waals surface area contributed by atoms with Gasteiger partial charge in [-0.15, -0.1) is 0 Å². The molecule has 132 valence electrons. The number of rotatable bonds is 5. The fourth-order valence-corrected chi connectivity index (χ4v) is 2.74. The van der Waals surface area contributed by atoms with Crippen molar-refractivity contribution >= 4 is 33.4 Å². The number of amides is 2. The molecule has 0 aliphatic heterocycles. The summed E-state index contributed by atoms with van der Waals surface area (Å²) in [5.41, 5.74) is 1.62. The van der Waals surface area contributed by atoms with Crippen molar-refractivity contribution in [2.24, 2.45) is 5.41 Å². The normalized spacial score (nSPS) is 11.0. The molecule has 0 aliphatic rings.